The molecule has 1 fully saturated rings. The van der Waals surface area contributed by atoms with E-state index < -0.39 is 5.97 Å². The average Bonchev–Trinajstić information content (AvgIpc) is 2.14. The first-order valence-corrected chi connectivity index (χ1v) is 6.13. The molecule has 1 aliphatic heterocycles. The second-order valence-corrected chi connectivity index (χ2v) is 5.29. The van der Waals surface area contributed by atoms with Gasteiger partial charge in [-0.05, 0) is 12.3 Å². The zero-order valence-corrected chi connectivity index (χ0v) is 10.8. The molecule has 1 amide bonds. The first kappa shape index (κ1) is 14.0. The van der Waals surface area contributed by atoms with E-state index in [0.717, 1.165) is 13.0 Å². The predicted molar refractivity (Wildman–Crippen MR) is 64.6 cm³/mol. The van der Waals surface area contributed by atoms with E-state index in [1.54, 1.807) is 0 Å². The quantitative estimate of drug-likeness (QED) is 0.755. The Kier molecular flexibility index (Phi) is 4.93. The lowest BCUT2D eigenvalue weighted by Crippen LogP contribution is -2.52. The molecule has 0 spiro atoms. The molecule has 0 aromatic rings. The zero-order chi connectivity index (χ0) is 13.0. The van der Waals surface area contributed by atoms with Crippen molar-refractivity contribution in [3.8, 4) is 0 Å². The molecule has 17 heavy (non-hydrogen) atoms. The van der Waals surface area contributed by atoms with Gasteiger partial charge >= 0.3 is 5.97 Å². The van der Waals surface area contributed by atoms with Crippen LogP contribution in [-0.4, -0.2) is 47.6 Å². The SMILES string of the molecule is CC1CC(NC(=O)C(C)C)CN(CC(=O)O)C1. The van der Waals surface area contributed by atoms with Gasteiger partial charge in [-0.25, -0.2) is 0 Å². The van der Waals surface area contributed by atoms with Gasteiger partial charge in [0, 0.05) is 25.0 Å². The van der Waals surface area contributed by atoms with Crippen molar-refractivity contribution in [2.75, 3.05) is 19.6 Å². The molecule has 5 heteroatoms. The highest BCUT2D eigenvalue weighted by molar-refractivity contribution is 5.78. The number of nitrogens with one attached hydrogen (secondary N) is 1. The number of piperidine rings is 1. The van der Waals surface area contributed by atoms with Crippen LogP contribution in [0.25, 0.3) is 0 Å². The standard InChI is InChI=1S/C12H22N2O3/c1-8(2)12(17)13-10-4-9(3)5-14(6-10)7-11(15)16/h8-10H,4-7H2,1-3H3,(H,13,17)(H,15,16). The Morgan fingerprint density at radius 3 is 2.59 bits per heavy atom. The summed E-state index contributed by atoms with van der Waals surface area (Å²) in [6.07, 6.45) is 0.925. The number of rotatable bonds is 4. The van der Waals surface area contributed by atoms with Gasteiger partial charge < -0.3 is 10.4 Å². The molecule has 1 rings (SSSR count). The Morgan fingerprint density at radius 1 is 1.41 bits per heavy atom. The molecular weight excluding hydrogens is 220 g/mol. The fraction of sp³-hybridized carbons (Fsp3) is 0.833. The molecule has 0 aromatic heterocycles. The van der Waals surface area contributed by atoms with Gasteiger partial charge in [0.2, 0.25) is 5.91 Å². The van der Waals surface area contributed by atoms with Crippen molar-refractivity contribution in [2.24, 2.45) is 11.8 Å². The van der Waals surface area contributed by atoms with Crippen molar-refractivity contribution in [3.05, 3.63) is 0 Å². The molecule has 1 aliphatic rings. The van der Waals surface area contributed by atoms with Crippen LogP contribution in [0.5, 0.6) is 0 Å². The summed E-state index contributed by atoms with van der Waals surface area (Å²) in [5.74, 6) is -0.381. The Labute approximate surface area is 102 Å². The number of carboxylic acids is 1. The van der Waals surface area contributed by atoms with Crippen LogP contribution in [0.15, 0.2) is 0 Å². The van der Waals surface area contributed by atoms with Crippen molar-refractivity contribution >= 4 is 11.9 Å². The Balaban J connectivity index is 2.50. The van der Waals surface area contributed by atoms with Crippen molar-refractivity contribution in [2.45, 2.75) is 33.2 Å². The van der Waals surface area contributed by atoms with E-state index in [1.165, 1.54) is 0 Å². The van der Waals surface area contributed by atoms with Crippen LogP contribution in [-0.2, 0) is 9.59 Å². The lowest BCUT2D eigenvalue weighted by atomic mass is 9.95. The highest BCUT2D eigenvalue weighted by atomic mass is 16.4. The van der Waals surface area contributed by atoms with E-state index in [2.05, 4.69) is 12.2 Å². The third kappa shape index (κ3) is 4.73. The monoisotopic (exact) mass is 242 g/mol. The topological polar surface area (TPSA) is 69.6 Å². The second-order valence-electron chi connectivity index (χ2n) is 5.29. The minimum absolute atomic E-state index is 0.0276. The van der Waals surface area contributed by atoms with E-state index >= 15 is 0 Å². The van der Waals surface area contributed by atoms with Gasteiger partial charge in [-0.15, -0.1) is 0 Å². The second kappa shape index (κ2) is 6.00. The smallest absolute Gasteiger partial charge is 0.317 e. The summed E-state index contributed by atoms with van der Waals surface area (Å²) < 4.78 is 0. The number of hydrogen-bond acceptors (Lipinski definition) is 3. The van der Waals surface area contributed by atoms with E-state index in [4.69, 9.17) is 5.11 Å². The molecule has 1 heterocycles. The summed E-state index contributed by atoms with van der Waals surface area (Å²) in [6.45, 7) is 7.28. The van der Waals surface area contributed by atoms with Crippen molar-refractivity contribution in [1.29, 1.82) is 0 Å². The molecular formula is C12H22N2O3. The van der Waals surface area contributed by atoms with Gasteiger partial charge in [0.1, 0.15) is 0 Å². The summed E-state index contributed by atoms with van der Waals surface area (Å²) in [5, 5.41) is 11.8. The number of amides is 1. The van der Waals surface area contributed by atoms with Gasteiger partial charge in [0.25, 0.3) is 0 Å². The largest absolute Gasteiger partial charge is 0.480 e. The maximum Gasteiger partial charge on any atom is 0.317 e. The fourth-order valence-corrected chi connectivity index (χ4v) is 2.25. The Morgan fingerprint density at radius 2 is 2.06 bits per heavy atom. The number of carbonyl (C=O) groups excluding carboxylic acids is 1. The molecule has 0 saturated carbocycles. The summed E-state index contributed by atoms with van der Waals surface area (Å²) in [6, 6.07) is 0.0769. The molecule has 0 radical (unpaired) electrons. The molecule has 2 atom stereocenters. The number of aliphatic carboxylic acids is 1. The van der Waals surface area contributed by atoms with Crippen LogP contribution >= 0.6 is 0 Å². The van der Waals surface area contributed by atoms with Gasteiger partial charge in [-0.3, -0.25) is 14.5 Å². The van der Waals surface area contributed by atoms with Gasteiger partial charge in [0.15, 0.2) is 0 Å². The van der Waals surface area contributed by atoms with E-state index in [-0.39, 0.29) is 24.4 Å². The Bertz CT molecular complexity index is 291. The van der Waals surface area contributed by atoms with Crippen LogP contribution in [0.4, 0.5) is 0 Å². The molecule has 2 N–H and O–H groups in total. The van der Waals surface area contributed by atoms with Crippen LogP contribution in [0.1, 0.15) is 27.2 Å². The van der Waals surface area contributed by atoms with Gasteiger partial charge in [-0.2, -0.15) is 0 Å². The third-order valence-corrected chi connectivity index (χ3v) is 2.96. The lowest BCUT2D eigenvalue weighted by Gasteiger charge is -2.36. The van der Waals surface area contributed by atoms with Crippen molar-refractivity contribution in [3.63, 3.8) is 0 Å². The van der Waals surface area contributed by atoms with Crippen LogP contribution < -0.4 is 5.32 Å². The fourth-order valence-electron chi connectivity index (χ4n) is 2.25. The molecule has 0 bridgehead atoms. The number of hydrogen-bond donors (Lipinski definition) is 2. The van der Waals surface area contributed by atoms with Crippen LogP contribution in [0.2, 0.25) is 0 Å². The van der Waals surface area contributed by atoms with Crippen molar-refractivity contribution in [1.82, 2.24) is 10.2 Å². The lowest BCUT2D eigenvalue weighted by molar-refractivity contribution is -0.138. The highest BCUT2D eigenvalue weighted by Crippen LogP contribution is 2.16. The van der Waals surface area contributed by atoms with E-state index in [0.29, 0.717) is 12.5 Å². The maximum absolute atomic E-state index is 11.6. The molecule has 0 aromatic carbocycles. The van der Waals surface area contributed by atoms with E-state index in [1.807, 2.05) is 18.7 Å². The predicted octanol–water partition coefficient (Wildman–Crippen LogP) is 0.554. The summed E-state index contributed by atoms with van der Waals surface area (Å²) in [4.78, 5) is 24.2. The normalized spacial score (nSPS) is 25.9. The summed E-state index contributed by atoms with van der Waals surface area (Å²) >= 11 is 0. The van der Waals surface area contributed by atoms with Gasteiger partial charge in [-0.1, -0.05) is 20.8 Å². The van der Waals surface area contributed by atoms with Gasteiger partial charge in [0.05, 0.1) is 6.54 Å². The van der Waals surface area contributed by atoms with Crippen LogP contribution in [0, 0.1) is 11.8 Å². The summed E-state index contributed by atoms with van der Waals surface area (Å²) in [7, 11) is 0. The molecule has 1 saturated heterocycles. The zero-order valence-electron chi connectivity index (χ0n) is 10.8. The maximum atomic E-state index is 11.6. The highest BCUT2D eigenvalue weighted by Gasteiger charge is 2.27. The number of nitrogens with zero attached hydrogens (tertiary/aromatic N) is 1. The first-order chi connectivity index (χ1) is 7.88. The third-order valence-electron chi connectivity index (χ3n) is 2.96. The minimum Gasteiger partial charge on any atom is -0.480 e. The molecule has 2 unspecified atom stereocenters. The van der Waals surface area contributed by atoms with Crippen molar-refractivity contribution < 1.29 is 14.7 Å². The average molecular weight is 242 g/mol. The number of carboxylic acid groups (broad SMARTS) is 1. The number of likely N-dealkylation sites (tertiary alicyclic amines) is 1. The van der Waals surface area contributed by atoms with Crippen LogP contribution in [0.3, 0.4) is 0 Å². The molecule has 98 valence electrons. The summed E-state index contributed by atoms with van der Waals surface area (Å²) in [5.41, 5.74) is 0. The molecule has 0 aliphatic carbocycles. The first-order valence-electron chi connectivity index (χ1n) is 6.13. The van der Waals surface area contributed by atoms with E-state index in [9.17, 15) is 9.59 Å². The molecule has 5 nitrogen and oxygen atoms in total. The Hall–Kier alpha value is -1.10. The number of carbonyl (C=O) groups is 2. The minimum atomic E-state index is -0.812.